The zero-order chi connectivity index (χ0) is 11.6. The van der Waals surface area contributed by atoms with Gasteiger partial charge in [-0.3, -0.25) is 4.90 Å². The largest absolute Gasteiger partial charge is 0.329 e. The molecule has 2 nitrogen and oxygen atoms in total. The van der Waals surface area contributed by atoms with Crippen LogP contribution in [0.1, 0.15) is 52.4 Å². The molecule has 2 unspecified atom stereocenters. The third-order valence-electron chi connectivity index (χ3n) is 4.96. The molecule has 2 N–H and O–H groups in total. The quantitative estimate of drug-likeness (QED) is 0.751. The van der Waals surface area contributed by atoms with Crippen LogP contribution in [0.4, 0.5) is 0 Å². The van der Waals surface area contributed by atoms with Crippen molar-refractivity contribution in [3.8, 4) is 0 Å². The molecule has 2 aliphatic rings. The van der Waals surface area contributed by atoms with E-state index in [0.29, 0.717) is 5.54 Å². The van der Waals surface area contributed by atoms with E-state index < -0.39 is 0 Å². The van der Waals surface area contributed by atoms with Gasteiger partial charge in [-0.1, -0.05) is 26.7 Å². The zero-order valence-electron chi connectivity index (χ0n) is 11.0. The lowest BCUT2D eigenvalue weighted by Gasteiger charge is -2.44. The second kappa shape index (κ2) is 5.05. The molecule has 0 aromatic rings. The summed E-state index contributed by atoms with van der Waals surface area (Å²) in [5, 5.41) is 0. The van der Waals surface area contributed by atoms with Crippen LogP contribution in [0.2, 0.25) is 0 Å². The van der Waals surface area contributed by atoms with E-state index in [1.54, 1.807) is 0 Å². The Labute approximate surface area is 101 Å². The van der Waals surface area contributed by atoms with Gasteiger partial charge in [-0.25, -0.2) is 0 Å². The van der Waals surface area contributed by atoms with Crippen molar-refractivity contribution in [2.75, 3.05) is 19.6 Å². The minimum Gasteiger partial charge on any atom is -0.329 e. The fourth-order valence-corrected chi connectivity index (χ4v) is 3.76. The minimum absolute atomic E-state index is 0.353. The van der Waals surface area contributed by atoms with Crippen LogP contribution in [0.3, 0.4) is 0 Å². The molecular formula is C14H28N2. The Hall–Kier alpha value is -0.0800. The van der Waals surface area contributed by atoms with Gasteiger partial charge in [-0.2, -0.15) is 0 Å². The van der Waals surface area contributed by atoms with Gasteiger partial charge in [-0.15, -0.1) is 0 Å². The molecule has 2 heteroatoms. The van der Waals surface area contributed by atoms with Crippen molar-refractivity contribution < 1.29 is 0 Å². The molecule has 0 heterocycles. The van der Waals surface area contributed by atoms with Crippen LogP contribution in [0.5, 0.6) is 0 Å². The Bertz CT molecular complexity index is 225. The maximum atomic E-state index is 6.17. The van der Waals surface area contributed by atoms with E-state index in [-0.39, 0.29) is 0 Å². The maximum Gasteiger partial charge on any atom is 0.0359 e. The molecule has 0 saturated heterocycles. The third-order valence-corrected chi connectivity index (χ3v) is 4.96. The predicted octanol–water partition coefficient (Wildman–Crippen LogP) is 2.63. The number of likely N-dealkylation sites (N-methyl/N-ethyl adjacent to an activating group) is 1. The second-order valence-electron chi connectivity index (χ2n) is 5.79. The van der Waals surface area contributed by atoms with Gasteiger partial charge in [-0.05, 0) is 44.1 Å². The first-order valence-electron chi connectivity index (χ1n) is 7.22. The van der Waals surface area contributed by atoms with Gasteiger partial charge in [0.25, 0.3) is 0 Å². The van der Waals surface area contributed by atoms with Crippen LogP contribution in [-0.2, 0) is 0 Å². The Morgan fingerprint density at radius 3 is 2.50 bits per heavy atom. The summed E-state index contributed by atoms with van der Waals surface area (Å²) in [4.78, 5) is 2.73. The summed E-state index contributed by atoms with van der Waals surface area (Å²) in [7, 11) is 0. The highest BCUT2D eigenvalue weighted by Crippen LogP contribution is 2.43. The maximum absolute atomic E-state index is 6.17. The van der Waals surface area contributed by atoms with Crippen molar-refractivity contribution in [3.63, 3.8) is 0 Å². The Kier molecular flexibility index (Phi) is 3.91. The number of hydrogen-bond acceptors (Lipinski definition) is 2. The number of rotatable bonds is 6. The molecule has 0 amide bonds. The van der Waals surface area contributed by atoms with E-state index in [1.165, 1.54) is 51.6 Å². The summed E-state index contributed by atoms with van der Waals surface area (Å²) in [5.41, 5.74) is 6.52. The Morgan fingerprint density at radius 2 is 2.00 bits per heavy atom. The van der Waals surface area contributed by atoms with Crippen molar-refractivity contribution in [1.82, 2.24) is 4.90 Å². The van der Waals surface area contributed by atoms with Crippen molar-refractivity contribution in [2.24, 2.45) is 17.6 Å². The zero-order valence-corrected chi connectivity index (χ0v) is 11.0. The summed E-state index contributed by atoms with van der Waals surface area (Å²) in [6, 6.07) is 0. The minimum atomic E-state index is 0.353. The summed E-state index contributed by atoms with van der Waals surface area (Å²) in [6.45, 7) is 8.01. The Balaban J connectivity index is 2.09. The first kappa shape index (κ1) is 12.4. The number of nitrogens with zero attached hydrogens (tertiary/aromatic N) is 1. The first-order chi connectivity index (χ1) is 7.76. The number of nitrogens with two attached hydrogens (primary N) is 1. The van der Waals surface area contributed by atoms with Crippen molar-refractivity contribution in [3.05, 3.63) is 0 Å². The smallest absolute Gasteiger partial charge is 0.0359 e. The van der Waals surface area contributed by atoms with E-state index in [9.17, 15) is 0 Å². The summed E-state index contributed by atoms with van der Waals surface area (Å²) >= 11 is 0. The van der Waals surface area contributed by atoms with Gasteiger partial charge in [0.15, 0.2) is 0 Å². The summed E-state index contributed by atoms with van der Waals surface area (Å²) < 4.78 is 0. The highest BCUT2D eigenvalue weighted by atomic mass is 15.2. The Morgan fingerprint density at radius 1 is 1.25 bits per heavy atom. The monoisotopic (exact) mass is 224 g/mol. The van der Waals surface area contributed by atoms with Crippen LogP contribution in [0.25, 0.3) is 0 Å². The van der Waals surface area contributed by atoms with E-state index >= 15 is 0 Å². The highest BCUT2D eigenvalue weighted by molar-refractivity contribution is 5.02. The molecule has 0 radical (unpaired) electrons. The van der Waals surface area contributed by atoms with Gasteiger partial charge in [0.2, 0.25) is 0 Å². The molecule has 2 rings (SSSR count). The van der Waals surface area contributed by atoms with Crippen LogP contribution in [0, 0.1) is 11.8 Å². The molecule has 2 fully saturated rings. The predicted molar refractivity (Wildman–Crippen MR) is 69.4 cm³/mol. The summed E-state index contributed by atoms with van der Waals surface area (Å²) in [5.74, 6) is 1.83. The molecule has 2 atom stereocenters. The first-order valence-corrected chi connectivity index (χ1v) is 7.22. The molecule has 2 aliphatic carbocycles. The van der Waals surface area contributed by atoms with Crippen LogP contribution >= 0.6 is 0 Å². The van der Waals surface area contributed by atoms with E-state index in [4.69, 9.17) is 5.73 Å². The van der Waals surface area contributed by atoms with E-state index in [2.05, 4.69) is 18.7 Å². The lowest BCUT2D eigenvalue weighted by atomic mass is 9.83. The molecular weight excluding hydrogens is 196 g/mol. The van der Waals surface area contributed by atoms with Gasteiger partial charge in [0, 0.05) is 18.6 Å². The molecule has 0 aromatic carbocycles. The standard InChI is InChI=1S/C14H28N2/c1-3-13-6-5-9-14(13,11-15)16(4-2)10-12-7-8-12/h12-13H,3-11,15H2,1-2H3. The molecule has 0 aromatic heterocycles. The topological polar surface area (TPSA) is 29.3 Å². The molecule has 94 valence electrons. The lowest BCUT2D eigenvalue weighted by Crippen LogP contribution is -2.56. The molecule has 0 bridgehead atoms. The van der Waals surface area contributed by atoms with Crippen LogP contribution in [0.15, 0.2) is 0 Å². The molecule has 2 saturated carbocycles. The van der Waals surface area contributed by atoms with Crippen LogP contribution in [-0.4, -0.2) is 30.1 Å². The van der Waals surface area contributed by atoms with Gasteiger partial charge in [0.1, 0.15) is 0 Å². The lowest BCUT2D eigenvalue weighted by molar-refractivity contribution is 0.0560. The SMILES string of the molecule is CCC1CCCC1(CN)N(CC)CC1CC1. The fraction of sp³-hybridized carbons (Fsp3) is 1.00. The molecule has 0 aliphatic heterocycles. The highest BCUT2D eigenvalue weighted by Gasteiger charge is 2.45. The molecule has 0 spiro atoms. The second-order valence-corrected chi connectivity index (χ2v) is 5.79. The van der Waals surface area contributed by atoms with Crippen molar-refractivity contribution in [1.29, 1.82) is 0 Å². The normalized spacial score (nSPS) is 34.9. The van der Waals surface area contributed by atoms with Crippen molar-refractivity contribution >= 4 is 0 Å². The fourth-order valence-electron chi connectivity index (χ4n) is 3.76. The van der Waals surface area contributed by atoms with Crippen molar-refractivity contribution in [2.45, 2.75) is 57.9 Å². The van der Waals surface area contributed by atoms with Gasteiger partial charge >= 0.3 is 0 Å². The number of hydrogen-bond donors (Lipinski definition) is 1. The van der Waals surface area contributed by atoms with E-state index in [0.717, 1.165) is 18.4 Å². The third kappa shape index (κ3) is 2.14. The van der Waals surface area contributed by atoms with Gasteiger partial charge < -0.3 is 5.73 Å². The average molecular weight is 224 g/mol. The van der Waals surface area contributed by atoms with E-state index in [1.807, 2.05) is 0 Å². The summed E-state index contributed by atoms with van der Waals surface area (Å²) in [6.07, 6.45) is 8.33. The molecule has 16 heavy (non-hydrogen) atoms. The average Bonchev–Trinajstić information content (AvgIpc) is 3.04. The van der Waals surface area contributed by atoms with Gasteiger partial charge in [0.05, 0.1) is 0 Å². The van der Waals surface area contributed by atoms with Crippen LogP contribution < -0.4 is 5.73 Å².